The quantitative estimate of drug-likeness (QED) is 0.779. The third-order valence-electron chi connectivity index (χ3n) is 2.36. The minimum atomic E-state index is -0.731. The second kappa shape index (κ2) is 4.14. The number of aliphatic hydroxyl groups excluding tert-OH is 1. The molecular weight excluding hydrogens is 226 g/mol. The van der Waals surface area contributed by atoms with Gasteiger partial charge >= 0.3 is 0 Å². The molecule has 1 atom stereocenters. The van der Waals surface area contributed by atoms with Crippen LogP contribution in [0.25, 0.3) is 0 Å². The van der Waals surface area contributed by atoms with E-state index < -0.39 is 6.23 Å². The Kier molecular flexibility index (Phi) is 2.84. The molecule has 1 unspecified atom stereocenters. The predicted octanol–water partition coefficient (Wildman–Crippen LogP) is 1.76. The Morgan fingerprint density at radius 1 is 1.56 bits per heavy atom. The highest BCUT2D eigenvalue weighted by Crippen LogP contribution is 2.29. The molecule has 2 rings (SSSR count). The van der Waals surface area contributed by atoms with Crippen molar-refractivity contribution in [1.82, 2.24) is 5.43 Å². The van der Waals surface area contributed by atoms with Gasteiger partial charge < -0.3 is 5.11 Å². The highest BCUT2D eigenvalue weighted by molar-refractivity contribution is 6.32. The van der Waals surface area contributed by atoms with E-state index in [1.54, 1.807) is 29.3 Å². The van der Waals surface area contributed by atoms with Crippen LogP contribution in [0.1, 0.15) is 12.5 Å². The first-order valence-electron chi connectivity index (χ1n) is 4.75. The molecule has 0 saturated heterocycles. The fraction of sp³-hybridized carbons (Fsp3) is 0.182. The number of halogens is 1. The predicted molar refractivity (Wildman–Crippen MR) is 61.5 cm³/mol. The third kappa shape index (κ3) is 1.76. The number of hydrogen-bond donors (Lipinski definition) is 2. The van der Waals surface area contributed by atoms with Gasteiger partial charge in [0.25, 0.3) is 0 Å². The summed E-state index contributed by atoms with van der Waals surface area (Å²) in [5, 5.41) is 20.5. The van der Waals surface area contributed by atoms with E-state index in [2.05, 4.69) is 11.5 Å². The number of nitriles is 1. The van der Waals surface area contributed by atoms with Gasteiger partial charge in [-0.3, -0.25) is 5.01 Å². The minimum Gasteiger partial charge on any atom is -0.373 e. The Labute approximate surface area is 98.3 Å². The highest BCUT2D eigenvalue weighted by Gasteiger charge is 2.22. The van der Waals surface area contributed by atoms with Crippen molar-refractivity contribution >= 4 is 17.3 Å². The normalized spacial score (nSPS) is 19.5. The second-order valence-electron chi connectivity index (χ2n) is 3.46. The Morgan fingerprint density at radius 2 is 2.31 bits per heavy atom. The fourth-order valence-electron chi connectivity index (χ4n) is 1.64. The van der Waals surface area contributed by atoms with Gasteiger partial charge in [0.2, 0.25) is 0 Å². The molecule has 1 heterocycles. The lowest BCUT2D eigenvalue weighted by Gasteiger charge is -2.22. The van der Waals surface area contributed by atoms with Gasteiger partial charge in [0.15, 0.2) is 0 Å². The maximum absolute atomic E-state index is 9.42. The molecule has 4 nitrogen and oxygen atoms in total. The molecule has 0 amide bonds. The molecule has 2 N–H and O–H groups in total. The number of hydrazine groups is 1. The SMILES string of the molecule is CC1=CC(O)NN1c1cccc(Cl)c1C#N. The van der Waals surface area contributed by atoms with E-state index in [0.717, 1.165) is 5.70 Å². The van der Waals surface area contributed by atoms with Crippen molar-refractivity contribution in [2.45, 2.75) is 13.2 Å². The van der Waals surface area contributed by atoms with Gasteiger partial charge in [-0.1, -0.05) is 17.7 Å². The molecule has 0 bridgehead atoms. The summed E-state index contributed by atoms with van der Waals surface area (Å²) >= 11 is 5.93. The molecule has 1 aliphatic heterocycles. The van der Waals surface area contributed by atoms with Crippen molar-refractivity contribution in [2.24, 2.45) is 0 Å². The van der Waals surface area contributed by atoms with Gasteiger partial charge in [0, 0.05) is 5.70 Å². The van der Waals surface area contributed by atoms with Crippen LogP contribution in [0.2, 0.25) is 5.02 Å². The number of nitrogens with zero attached hydrogens (tertiary/aromatic N) is 2. The molecule has 16 heavy (non-hydrogen) atoms. The molecule has 1 aromatic carbocycles. The van der Waals surface area contributed by atoms with Crippen molar-refractivity contribution in [2.75, 3.05) is 5.01 Å². The number of rotatable bonds is 1. The lowest BCUT2D eigenvalue weighted by Crippen LogP contribution is -2.37. The molecule has 5 heteroatoms. The number of hydrogen-bond acceptors (Lipinski definition) is 4. The van der Waals surface area contributed by atoms with Gasteiger partial charge in [-0.05, 0) is 25.1 Å². The van der Waals surface area contributed by atoms with Gasteiger partial charge in [-0.15, -0.1) is 0 Å². The first kappa shape index (κ1) is 11.0. The first-order valence-corrected chi connectivity index (χ1v) is 5.12. The van der Waals surface area contributed by atoms with Crippen LogP contribution in [0.4, 0.5) is 5.69 Å². The zero-order chi connectivity index (χ0) is 11.7. The molecule has 82 valence electrons. The highest BCUT2D eigenvalue weighted by atomic mass is 35.5. The Hall–Kier alpha value is -1.54. The third-order valence-corrected chi connectivity index (χ3v) is 2.67. The smallest absolute Gasteiger partial charge is 0.142 e. The molecule has 0 fully saturated rings. The number of anilines is 1. The summed E-state index contributed by atoms with van der Waals surface area (Å²) in [5.41, 5.74) is 4.66. The van der Waals surface area contributed by atoms with E-state index in [1.165, 1.54) is 0 Å². The van der Waals surface area contributed by atoms with E-state index in [1.807, 2.05) is 6.92 Å². The van der Waals surface area contributed by atoms with Gasteiger partial charge in [0.05, 0.1) is 16.3 Å². The van der Waals surface area contributed by atoms with E-state index in [0.29, 0.717) is 16.3 Å². The lowest BCUT2D eigenvalue weighted by molar-refractivity contribution is 0.195. The molecule has 1 aliphatic rings. The maximum Gasteiger partial charge on any atom is 0.142 e. The Bertz CT molecular complexity index is 492. The van der Waals surface area contributed by atoms with Crippen molar-refractivity contribution in [3.05, 3.63) is 40.6 Å². The molecule has 0 aliphatic carbocycles. The average molecular weight is 236 g/mol. The van der Waals surface area contributed by atoms with Crippen molar-refractivity contribution in [3.63, 3.8) is 0 Å². The van der Waals surface area contributed by atoms with E-state index >= 15 is 0 Å². The van der Waals surface area contributed by atoms with Crippen molar-refractivity contribution in [3.8, 4) is 6.07 Å². The number of allylic oxidation sites excluding steroid dienone is 1. The molecule has 0 saturated carbocycles. The van der Waals surface area contributed by atoms with Crippen molar-refractivity contribution in [1.29, 1.82) is 5.26 Å². The topological polar surface area (TPSA) is 59.3 Å². The Balaban J connectivity index is 2.47. The molecular formula is C11H10ClN3O. The summed E-state index contributed by atoms with van der Waals surface area (Å²) in [7, 11) is 0. The fourth-order valence-corrected chi connectivity index (χ4v) is 1.86. The van der Waals surface area contributed by atoms with Crippen LogP contribution in [0, 0.1) is 11.3 Å². The first-order chi connectivity index (χ1) is 7.63. The molecule has 0 spiro atoms. The van der Waals surface area contributed by atoms with Gasteiger partial charge in [0.1, 0.15) is 12.3 Å². The van der Waals surface area contributed by atoms with E-state index in [-0.39, 0.29) is 0 Å². The number of aliphatic hydroxyl groups is 1. The maximum atomic E-state index is 9.42. The van der Waals surface area contributed by atoms with Crippen LogP contribution in [-0.2, 0) is 0 Å². The second-order valence-corrected chi connectivity index (χ2v) is 3.87. The summed E-state index contributed by atoms with van der Waals surface area (Å²) in [6.07, 6.45) is 0.924. The number of nitrogens with one attached hydrogen (secondary N) is 1. The standard InChI is InChI=1S/C11H10ClN3O/c1-7-5-11(16)14-15(7)10-4-2-3-9(12)8(10)6-13/h2-5,11,14,16H,1H3. The van der Waals surface area contributed by atoms with Crippen LogP contribution in [0.15, 0.2) is 30.0 Å². The lowest BCUT2D eigenvalue weighted by atomic mass is 10.2. The van der Waals surface area contributed by atoms with Crippen molar-refractivity contribution < 1.29 is 5.11 Å². The zero-order valence-corrected chi connectivity index (χ0v) is 9.36. The van der Waals surface area contributed by atoms with Crippen LogP contribution in [0.3, 0.4) is 0 Å². The summed E-state index contributed by atoms with van der Waals surface area (Å²) in [6.45, 7) is 1.84. The van der Waals surface area contributed by atoms with Gasteiger partial charge in [-0.25, -0.2) is 0 Å². The summed E-state index contributed by atoms with van der Waals surface area (Å²) < 4.78 is 0. The molecule has 1 aromatic rings. The monoisotopic (exact) mass is 235 g/mol. The van der Waals surface area contributed by atoms with E-state index in [9.17, 15) is 5.11 Å². The summed E-state index contributed by atoms with van der Waals surface area (Å²) in [4.78, 5) is 0. The largest absolute Gasteiger partial charge is 0.373 e. The zero-order valence-electron chi connectivity index (χ0n) is 8.61. The van der Waals surface area contributed by atoms with Crippen LogP contribution in [-0.4, -0.2) is 11.3 Å². The summed E-state index contributed by atoms with van der Waals surface area (Å²) in [5.74, 6) is 0. The summed E-state index contributed by atoms with van der Waals surface area (Å²) in [6, 6.07) is 7.25. The molecule has 0 aromatic heterocycles. The average Bonchev–Trinajstić information content (AvgIpc) is 2.57. The Morgan fingerprint density at radius 3 is 2.88 bits per heavy atom. The molecule has 0 radical (unpaired) electrons. The van der Waals surface area contributed by atoms with Crippen LogP contribution < -0.4 is 10.4 Å². The minimum absolute atomic E-state index is 0.388. The van der Waals surface area contributed by atoms with E-state index in [4.69, 9.17) is 16.9 Å². The van der Waals surface area contributed by atoms with Gasteiger partial charge in [-0.2, -0.15) is 10.7 Å². The number of benzene rings is 1. The van der Waals surface area contributed by atoms with Crippen LogP contribution in [0.5, 0.6) is 0 Å². The van der Waals surface area contributed by atoms with Crippen LogP contribution >= 0.6 is 11.6 Å².